The summed E-state index contributed by atoms with van der Waals surface area (Å²) < 4.78 is 5.65. The molecule has 0 unspecified atom stereocenters. The molecule has 1 aromatic carbocycles. The normalized spacial score (nSPS) is 10.5. The summed E-state index contributed by atoms with van der Waals surface area (Å²) in [4.78, 5) is 15.6. The number of primary amides is 1. The third kappa shape index (κ3) is 2.41. The Hall–Kier alpha value is -2.14. The first-order valence-corrected chi connectivity index (χ1v) is 5.69. The zero-order valence-electron chi connectivity index (χ0n) is 10.1. The van der Waals surface area contributed by atoms with Crippen molar-refractivity contribution in [2.45, 2.75) is 0 Å². The van der Waals surface area contributed by atoms with Crippen LogP contribution in [0.3, 0.4) is 0 Å². The molecule has 0 bridgehead atoms. The Labute approximate surface area is 105 Å². The number of carbonyl (C=O) groups is 1. The fourth-order valence-electron chi connectivity index (χ4n) is 1.70. The number of carbonyl (C=O) groups excluding carboxylic acids is 1. The van der Waals surface area contributed by atoms with Gasteiger partial charge in [0.25, 0.3) is 5.91 Å². The maximum absolute atomic E-state index is 11.4. The average molecular weight is 245 g/mol. The van der Waals surface area contributed by atoms with Crippen LogP contribution in [0.15, 0.2) is 30.5 Å². The monoisotopic (exact) mass is 245 g/mol. The number of hydrogen-bond acceptors (Lipinski definition) is 4. The summed E-state index contributed by atoms with van der Waals surface area (Å²) in [7, 11) is 1.84. The number of benzene rings is 1. The lowest BCUT2D eigenvalue weighted by Crippen LogP contribution is -2.19. The lowest BCUT2D eigenvalue weighted by Gasteiger charge is -2.11. The van der Waals surface area contributed by atoms with Crippen LogP contribution < -0.4 is 15.8 Å². The van der Waals surface area contributed by atoms with Gasteiger partial charge in [0, 0.05) is 18.1 Å². The van der Waals surface area contributed by atoms with Crippen LogP contribution in [0, 0.1) is 0 Å². The van der Waals surface area contributed by atoms with Gasteiger partial charge in [-0.05, 0) is 19.2 Å². The Morgan fingerprint density at radius 1 is 1.44 bits per heavy atom. The van der Waals surface area contributed by atoms with E-state index < -0.39 is 5.91 Å². The molecule has 0 spiro atoms. The van der Waals surface area contributed by atoms with E-state index in [2.05, 4.69) is 10.3 Å². The minimum atomic E-state index is -0.535. The summed E-state index contributed by atoms with van der Waals surface area (Å²) in [6.45, 7) is 1.15. The van der Waals surface area contributed by atoms with Crippen molar-refractivity contribution in [3.8, 4) is 5.75 Å². The van der Waals surface area contributed by atoms with E-state index in [0.717, 1.165) is 10.9 Å². The third-order valence-corrected chi connectivity index (χ3v) is 2.59. The number of amides is 1. The van der Waals surface area contributed by atoms with Crippen molar-refractivity contribution in [2.24, 2.45) is 5.73 Å². The van der Waals surface area contributed by atoms with Crippen LogP contribution in [0.2, 0.25) is 0 Å². The highest BCUT2D eigenvalue weighted by Gasteiger charge is 2.14. The number of pyridine rings is 1. The van der Waals surface area contributed by atoms with E-state index in [1.54, 1.807) is 0 Å². The molecular weight excluding hydrogens is 230 g/mol. The van der Waals surface area contributed by atoms with E-state index in [9.17, 15) is 4.79 Å². The Morgan fingerprint density at radius 2 is 2.22 bits per heavy atom. The molecule has 3 N–H and O–H groups in total. The second-order valence-electron chi connectivity index (χ2n) is 3.83. The SMILES string of the molecule is CNCCOc1c(C(N)=O)cnc2ccccc12. The molecular formula is C13H15N3O2. The van der Waals surface area contributed by atoms with E-state index in [1.807, 2.05) is 31.3 Å². The number of ether oxygens (including phenoxy) is 1. The first-order valence-electron chi connectivity index (χ1n) is 5.69. The minimum Gasteiger partial charge on any atom is -0.491 e. The van der Waals surface area contributed by atoms with Crippen LogP contribution >= 0.6 is 0 Å². The molecule has 18 heavy (non-hydrogen) atoms. The number of nitrogens with two attached hydrogens (primary N) is 1. The van der Waals surface area contributed by atoms with Crippen molar-refractivity contribution in [1.29, 1.82) is 0 Å². The quantitative estimate of drug-likeness (QED) is 0.768. The van der Waals surface area contributed by atoms with Crippen molar-refractivity contribution >= 4 is 16.8 Å². The highest BCUT2D eigenvalue weighted by atomic mass is 16.5. The topological polar surface area (TPSA) is 77.2 Å². The summed E-state index contributed by atoms with van der Waals surface area (Å²) in [6.07, 6.45) is 1.46. The molecule has 1 aromatic heterocycles. The smallest absolute Gasteiger partial charge is 0.254 e. The van der Waals surface area contributed by atoms with Gasteiger partial charge in [-0.25, -0.2) is 0 Å². The molecule has 0 fully saturated rings. The Bertz CT molecular complexity index is 569. The van der Waals surface area contributed by atoms with Gasteiger partial charge in [-0.15, -0.1) is 0 Å². The fourth-order valence-corrected chi connectivity index (χ4v) is 1.70. The predicted octanol–water partition coefficient (Wildman–Crippen LogP) is 0.932. The first kappa shape index (κ1) is 12.3. The number of aromatic nitrogens is 1. The maximum atomic E-state index is 11.4. The zero-order valence-corrected chi connectivity index (χ0v) is 10.1. The van der Waals surface area contributed by atoms with Crippen molar-refractivity contribution in [1.82, 2.24) is 10.3 Å². The second kappa shape index (κ2) is 5.46. The van der Waals surface area contributed by atoms with Crippen LogP contribution in [0.4, 0.5) is 0 Å². The van der Waals surface area contributed by atoms with Gasteiger partial charge in [-0.1, -0.05) is 12.1 Å². The molecule has 1 heterocycles. The van der Waals surface area contributed by atoms with Gasteiger partial charge in [-0.3, -0.25) is 9.78 Å². The molecule has 5 heteroatoms. The average Bonchev–Trinajstić information content (AvgIpc) is 2.38. The number of nitrogens with one attached hydrogen (secondary N) is 1. The van der Waals surface area contributed by atoms with E-state index in [-0.39, 0.29) is 0 Å². The minimum absolute atomic E-state index is 0.310. The molecule has 2 rings (SSSR count). The summed E-state index contributed by atoms with van der Waals surface area (Å²) in [5.41, 5.74) is 6.42. The van der Waals surface area contributed by atoms with Gasteiger partial charge in [0.15, 0.2) is 0 Å². The molecule has 94 valence electrons. The summed E-state index contributed by atoms with van der Waals surface area (Å²) in [5, 5.41) is 3.77. The molecule has 0 aliphatic carbocycles. The second-order valence-corrected chi connectivity index (χ2v) is 3.83. The van der Waals surface area contributed by atoms with Gasteiger partial charge in [0.05, 0.1) is 5.52 Å². The van der Waals surface area contributed by atoms with Crippen molar-refractivity contribution in [2.75, 3.05) is 20.2 Å². The Kier molecular flexibility index (Phi) is 3.74. The van der Waals surface area contributed by atoms with Gasteiger partial charge in [-0.2, -0.15) is 0 Å². The van der Waals surface area contributed by atoms with E-state index in [4.69, 9.17) is 10.5 Å². The summed E-state index contributed by atoms with van der Waals surface area (Å²) in [5.74, 6) is -0.0314. The molecule has 0 radical (unpaired) electrons. The molecule has 0 saturated heterocycles. The van der Waals surface area contributed by atoms with Gasteiger partial charge in [0.2, 0.25) is 0 Å². The molecule has 5 nitrogen and oxygen atoms in total. The van der Waals surface area contributed by atoms with Crippen LogP contribution in [0.1, 0.15) is 10.4 Å². The van der Waals surface area contributed by atoms with Crippen molar-refractivity contribution in [3.05, 3.63) is 36.0 Å². The predicted molar refractivity (Wildman–Crippen MR) is 69.7 cm³/mol. The van der Waals surface area contributed by atoms with Gasteiger partial charge < -0.3 is 15.8 Å². The van der Waals surface area contributed by atoms with E-state index in [1.165, 1.54) is 6.20 Å². The van der Waals surface area contributed by atoms with Crippen LogP contribution in [0.5, 0.6) is 5.75 Å². The number of para-hydroxylation sites is 1. The fraction of sp³-hybridized carbons (Fsp3) is 0.231. The molecule has 0 aliphatic heterocycles. The van der Waals surface area contributed by atoms with Crippen LogP contribution in [-0.4, -0.2) is 31.1 Å². The van der Waals surface area contributed by atoms with Crippen molar-refractivity contribution in [3.63, 3.8) is 0 Å². The number of fused-ring (bicyclic) bond motifs is 1. The lowest BCUT2D eigenvalue weighted by atomic mass is 10.1. The maximum Gasteiger partial charge on any atom is 0.254 e. The molecule has 2 aromatic rings. The third-order valence-electron chi connectivity index (χ3n) is 2.59. The van der Waals surface area contributed by atoms with Crippen molar-refractivity contribution < 1.29 is 9.53 Å². The molecule has 0 atom stereocenters. The Morgan fingerprint density at radius 3 is 2.94 bits per heavy atom. The van der Waals surface area contributed by atoms with Gasteiger partial charge in [0.1, 0.15) is 17.9 Å². The lowest BCUT2D eigenvalue weighted by molar-refractivity contribution is 0.0996. The Balaban J connectivity index is 2.48. The largest absolute Gasteiger partial charge is 0.491 e. The number of nitrogens with zero attached hydrogens (tertiary/aromatic N) is 1. The first-order chi connectivity index (χ1) is 8.74. The number of rotatable bonds is 5. The summed E-state index contributed by atoms with van der Waals surface area (Å²) in [6, 6.07) is 7.49. The number of likely N-dealkylation sites (N-methyl/N-ethyl adjacent to an activating group) is 1. The molecule has 1 amide bonds. The highest BCUT2D eigenvalue weighted by molar-refractivity contribution is 6.01. The summed E-state index contributed by atoms with van der Waals surface area (Å²) >= 11 is 0. The van der Waals surface area contributed by atoms with E-state index in [0.29, 0.717) is 24.5 Å². The van der Waals surface area contributed by atoms with Crippen LogP contribution in [0.25, 0.3) is 10.9 Å². The molecule has 0 aliphatic rings. The van der Waals surface area contributed by atoms with Crippen LogP contribution in [-0.2, 0) is 0 Å². The van der Waals surface area contributed by atoms with E-state index >= 15 is 0 Å². The zero-order chi connectivity index (χ0) is 13.0. The molecule has 0 saturated carbocycles. The highest BCUT2D eigenvalue weighted by Crippen LogP contribution is 2.27. The standard InChI is InChI=1S/C13H15N3O2/c1-15-6-7-18-12-9-4-2-3-5-11(9)16-8-10(12)13(14)17/h2-5,8,15H,6-7H2,1H3,(H2,14,17). The number of hydrogen-bond donors (Lipinski definition) is 2. The van der Waals surface area contributed by atoms with Gasteiger partial charge >= 0.3 is 0 Å².